The van der Waals surface area contributed by atoms with E-state index in [1.165, 1.54) is 16.4 Å². The second-order valence-corrected chi connectivity index (χ2v) is 10.2. The number of aliphatic hydroxyl groups is 1. The van der Waals surface area contributed by atoms with Crippen LogP contribution in [0.3, 0.4) is 0 Å². The largest absolute Gasteiger partial charge is 0.421 e. The minimum absolute atomic E-state index is 0.158. The van der Waals surface area contributed by atoms with Crippen molar-refractivity contribution >= 4 is 32.3 Å². The molecule has 0 aromatic carbocycles. The van der Waals surface area contributed by atoms with Gasteiger partial charge in [0.25, 0.3) is 10.0 Å². The Hall–Kier alpha value is -1.96. The highest BCUT2D eigenvalue weighted by atomic mass is 32.2. The van der Waals surface area contributed by atoms with Crippen LogP contribution in [0.5, 0.6) is 0 Å². The Labute approximate surface area is 169 Å². The number of nitrogens with zero attached hydrogens (tertiary/aromatic N) is 4. The molecule has 2 atom stereocenters. The van der Waals surface area contributed by atoms with Gasteiger partial charge < -0.3 is 15.7 Å². The summed E-state index contributed by atoms with van der Waals surface area (Å²) in [5.74, 6) is 0.164. The van der Waals surface area contributed by atoms with Gasteiger partial charge >= 0.3 is 6.18 Å². The number of piperazine rings is 1. The van der Waals surface area contributed by atoms with Gasteiger partial charge in [0.2, 0.25) is 5.95 Å². The first-order valence-electron chi connectivity index (χ1n) is 8.58. The summed E-state index contributed by atoms with van der Waals surface area (Å²) in [6.45, 7) is 2.99. The highest BCUT2D eigenvalue weighted by Crippen LogP contribution is 2.38. The van der Waals surface area contributed by atoms with Crippen molar-refractivity contribution in [3.8, 4) is 0 Å². The summed E-state index contributed by atoms with van der Waals surface area (Å²) in [6.07, 6.45) is -3.00. The third-order valence-electron chi connectivity index (χ3n) is 4.80. The van der Waals surface area contributed by atoms with E-state index in [9.17, 15) is 26.7 Å². The van der Waals surface area contributed by atoms with Crippen LogP contribution >= 0.6 is 11.3 Å². The average Bonchev–Trinajstić information content (AvgIpc) is 3.08. The number of thiophene rings is 1. The number of nitrogen functional groups attached to an aromatic ring is 1. The number of rotatable bonds is 4. The third-order valence-corrected chi connectivity index (χ3v) is 8.04. The minimum atomic E-state index is -4.86. The molecule has 1 fully saturated rings. The third kappa shape index (κ3) is 4.04. The summed E-state index contributed by atoms with van der Waals surface area (Å²) in [6, 6.07) is 2.67. The van der Waals surface area contributed by atoms with Crippen molar-refractivity contribution in [2.45, 2.75) is 35.9 Å². The Morgan fingerprint density at radius 2 is 1.86 bits per heavy atom. The molecule has 0 amide bonds. The van der Waals surface area contributed by atoms with Crippen molar-refractivity contribution in [3.05, 3.63) is 30.1 Å². The SMILES string of the molecule is C[C@H]1CN(S(=O)(=O)c2ccc(N)s2)CCN1c1ncc([C@@](C)(O)C(F)(F)F)cn1. The van der Waals surface area contributed by atoms with Crippen molar-refractivity contribution < 1.29 is 26.7 Å². The lowest BCUT2D eigenvalue weighted by Crippen LogP contribution is -2.54. The smallest absolute Gasteiger partial charge is 0.391 e. The first-order valence-corrected chi connectivity index (χ1v) is 10.8. The molecule has 3 N–H and O–H groups in total. The zero-order chi connectivity index (χ0) is 21.6. The number of halogens is 3. The van der Waals surface area contributed by atoms with Gasteiger partial charge in [-0.2, -0.15) is 17.5 Å². The Balaban J connectivity index is 1.75. The monoisotopic (exact) mass is 451 g/mol. The molecule has 8 nitrogen and oxygen atoms in total. The molecule has 3 heterocycles. The zero-order valence-electron chi connectivity index (χ0n) is 15.6. The lowest BCUT2D eigenvalue weighted by atomic mass is 9.99. The average molecular weight is 451 g/mol. The topological polar surface area (TPSA) is 113 Å². The maximum Gasteiger partial charge on any atom is 0.421 e. The molecule has 160 valence electrons. The fraction of sp³-hybridized carbons (Fsp3) is 0.500. The van der Waals surface area contributed by atoms with Crippen LogP contribution in [-0.2, 0) is 15.6 Å². The van der Waals surface area contributed by atoms with Crippen molar-refractivity contribution in [2.24, 2.45) is 0 Å². The second kappa shape index (κ2) is 7.38. The molecule has 1 aliphatic heterocycles. The van der Waals surface area contributed by atoms with Gasteiger partial charge in [0.1, 0.15) is 4.21 Å². The first-order chi connectivity index (χ1) is 13.3. The predicted octanol–water partition coefficient (Wildman–Crippen LogP) is 1.79. The van der Waals surface area contributed by atoms with E-state index in [-0.39, 0.29) is 35.8 Å². The molecule has 0 radical (unpaired) electrons. The van der Waals surface area contributed by atoms with Crippen molar-refractivity contribution in [3.63, 3.8) is 0 Å². The maximum absolute atomic E-state index is 12.9. The van der Waals surface area contributed by atoms with E-state index < -0.39 is 27.4 Å². The Morgan fingerprint density at radius 3 is 2.34 bits per heavy atom. The minimum Gasteiger partial charge on any atom is -0.391 e. The van der Waals surface area contributed by atoms with E-state index in [2.05, 4.69) is 9.97 Å². The Bertz CT molecular complexity index is 976. The predicted molar refractivity (Wildman–Crippen MR) is 102 cm³/mol. The Morgan fingerprint density at radius 1 is 1.24 bits per heavy atom. The number of hydrogen-bond acceptors (Lipinski definition) is 8. The van der Waals surface area contributed by atoms with Crippen molar-refractivity contribution in [2.75, 3.05) is 30.3 Å². The van der Waals surface area contributed by atoms with Crippen LogP contribution in [-0.4, -0.2) is 59.6 Å². The molecular formula is C16H20F3N5O3S2. The van der Waals surface area contributed by atoms with E-state index in [1.54, 1.807) is 11.8 Å². The molecule has 3 rings (SSSR count). The number of anilines is 2. The van der Waals surface area contributed by atoms with E-state index in [1.807, 2.05) is 0 Å². The lowest BCUT2D eigenvalue weighted by Gasteiger charge is -2.39. The molecule has 1 saturated heterocycles. The van der Waals surface area contributed by atoms with Gasteiger partial charge in [-0.3, -0.25) is 0 Å². The van der Waals surface area contributed by atoms with Crippen molar-refractivity contribution in [1.82, 2.24) is 14.3 Å². The summed E-state index contributed by atoms with van der Waals surface area (Å²) in [7, 11) is -3.68. The molecular weight excluding hydrogens is 431 g/mol. The van der Waals surface area contributed by atoms with E-state index in [0.29, 0.717) is 11.9 Å². The van der Waals surface area contributed by atoms with E-state index in [0.717, 1.165) is 23.7 Å². The Kier molecular flexibility index (Phi) is 5.53. The number of nitrogens with two attached hydrogens (primary N) is 1. The number of aromatic nitrogens is 2. The summed E-state index contributed by atoms with van der Waals surface area (Å²) in [5.41, 5.74) is 2.09. The fourth-order valence-electron chi connectivity index (χ4n) is 2.92. The highest BCUT2D eigenvalue weighted by molar-refractivity contribution is 7.91. The van der Waals surface area contributed by atoms with E-state index in [4.69, 9.17) is 5.73 Å². The van der Waals surface area contributed by atoms with Crippen LogP contribution in [0.2, 0.25) is 0 Å². The molecule has 13 heteroatoms. The van der Waals surface area contributed by atoms with Crippen LogP contribution in [0, 0.1) is 0 Å². The maximum atomic E-state index is 12.9. The summed E-state index contributed by atoms with van der Waals surface area (Å²) in [5, 5.41) is 10.1. The molecule has 2 aromatic heterocycles. The van der Waals surface area contributed by atoms with Crippen LogP contribution in [0.15, 0.2) is 28.7 Å². The van der Waals surface area contributed by atoms with Crippen LogP contribution < -0.4 is 10.6 Å². The number of hydrogen-bond donors (Lipinski definition) is 2. The fourth-order valence-corrected chi connectivity index (χ4v) is 5.68. The van der Waals surface area contributed by atoms with Gasteiger partial charge in [0.15, 0.2) is 5.60 Å². The molecule has 29 heavy (non-hydrogen) atoms. The van der Waals surface area contributed by atoms with E-state index >= 15 is 0 Å². The van der Waals surface area contributed by atoms with Gasteiger partial charge in [0, 0.05) is 43.6 Å². The first kappa shape index (κ1) is 21.7. The number of alkyl halides is 3. The van der Waals surface area contributed by atoms with Gasteiger partial charge in [-0.15, -0.1) is 11.3 Å². The highest BCUT2D eigenvalue weighted by Gasteiger charge is 2.51. The molecule has 0 saturated carbocycles. The lowest BCUT2D eigenvalue weighted by molar-refractivity contribution is -0.259. The summed E-state index contributed by atoms with van der Waals surface area (Å²) in [4.78, 5) is 9.62. The van der Waals surface area contributed by atoms with Crippen LogP contribution in [0.4, 0.5) is 24.1 Å². The van der Waals surface area contributed by atoms with Crippen molar-refractivity contribution in [1.29, 1.82) is 0 Å². The van der Waals surface area contributed by atoms with Gasteiger partial charge in [-0.25, -0.2) is 18.4 Å². The molecule has 0 bridgehead atoms. The van der Waals surface area contributed by atoms with Gasteiger partial charge in [0.05, 0.1) is 5.00 Å². The van der Waals surface area contributed by atoms with Crippen LogP contribution in [0.25, 0.3) is 0 Å². The normalized spacial score (nSPS) is 21.2. The van der Waals surface area contributed by atoms with Crippen LogP contribution in [0.1, 0.15) is 19.4 Å². The van der Waals surface area contributed by atoms with Gasteiger partial charge in [-0.1, -0.05) is 0 Å². The standard InChI is InChI=1S/C16H20F3N5O3S2/c1-10-9-23(29(26,27)13-4-3-12(20)28-13)5-6-24(10)14-21-7-11(8-22-14)15(2,25)16(17,18)19/h3-4,7-8,10,25H,5-6,9,20H2,1-2H3/t10-,15+/m0/s1. The molecule has 0 unspecified atom stereocenters. The molecule has 0 aliphatic carbocycles. The molecule has 2 aromatic rings. The van der Waals surface area contributed by atoms with Gasteiger partial charge in [-0.05, 0) is 26.0 Å². The zero-order valence-corrected chi connectivity index (χ0v) is 17.2. The molecule has 0 spiro atoms. The quantitative estimate of drug-likeness (QED) is 0.729. The summed E-state index contributed by atoms with van der Waals surface area (Å²) >= 11 is 0.987. The number of sulfonamides is 1. The second-order valence-electron chi connectivity index (χ2n) is 6.90. The molecule has 1 aliphatic rings. The summed E-state index contributed by atoms with van der Waals surface area (Å²) < 4.78 is 65.8.